The van der Waals surface area contributed by atoms with Crippen molar-refractivity contribution in [3.05, 3.63) is 51.8 Å². The Balaban J connectivity index is 1.81. The van der Waals surface area contributed by atoms with Crippen LogP contribution in [0.25, 0.3) is 0 Å². The Morgan fingerprint density at radius 3 is 2.75 bits per heavy atom. The van der Waals surface area contributed by atoms with E-state index in [2.05, 4.69) is 21.0 Å². The number of hydrogen-bond donors (Lipinski definition) is 1. The maximum Gasteiger partial charge on any atom is 0.335 e. The molecule has 1 saturated heterocycles. The van der Waals surface area contributed by atoms with Gasteiger partial charge >= 0.3 is 5.97 Å². The van der Waals surface area contributed by atoms with Gasteiger partial charge in [0.05, 0.1) is 24.9 Å². The first kappa shape index (κ1) is 16.7. The lowest BCUT2D eigenvalue weighted by Crippen LogP contribution is -2.42. The van der Waals surface area contributed by atoms with Crippen LogP contribution in [0.5, 0.6) is 0 Å². The van der Waals surface area contributed by atoms with Crippen LogP contribution in [0.15, 0.2) is 35.1 Å². The molecule has 1 aromatic carbocycles. The molecule has 1 N–H and O–H groups in total. The van der Waals surface area contributed by atoms with Gasteiger partial charge in [0.25, 0.3) is 5.91 Å². The molecule has 2 heterocycles. The fourth-order valence-electron chi connectivity index (χ4n) is 2.66. The molecule has 24 heavy (non-hydrogen) atoms. The van der Waals surface area contributed by atoms with E-state index in [-0.39, 0.29) is 17.6 Å². The Labute approximate surface area is 147 Å². The van der Waals surface area contributed by atoms with Crippen molar-refractivity contribution in [1.82, 2.24) is 14.7 Å². The average Bonchev–Trinajstić information content (AvgIpc) is 3.00. The summed E-state index contributed by atoms with van der Waals surface area (Å²) in [6, 6.07) is 4.49. The van der Waals surface area contributed by atoms with Crippen LogP contribution < -0.4 is 0 Å². The fourth-order valence-corrected chi connectivity index (χ4v) is 3.15. The van der Waals surface area contributed by atoms with Crippen LogP contribution in [0.1, 0.15) is 32.4 Å². The minimum atomic E-state index is -1.07. The molecule has 1 fully saturated rings. The zero-order valence-electron chi connectivity index (χ0n) is 13.0. The second-order valence-electron chi connectivity index (χ2n) is 5.59. The first-order valence-corrected chi connectivity index (χ1v) is 8.16. The van der Waals surface area contributed by atoms with Crippen molar-refractivity contribution in [2.24, 2.45) is 7.05 Å². The van der Waals surface area contributed by atoms with E-state index in [1.54, 1.807) is 21.8 Å². The number of aromatic carboxylic acids is 1. The van der Waals surface area contributed by atoms with E-state index in [1.165, 1.54) is 12.1 Å². The lowest BCUT2D eigenvalue weighted by Gasteiger charge is -2.32. The topological polar surface area (TPSA) is 84.7 Å². The third-order valence-corrected chi connectivity index (χ3v) is 4.30. The van der Waals surface area contributed by atoms with Crippen molar-refractivity contribution in [2.75, 3.05) is 19.7 Å². The van der Waals surface area contributed by atoms with Gasteiger partial charge in [-0.2, -0.15) is 5.10 Å². The Morgan fingerprint density at radius 2 is 2.08 bits per heavy atom. The molecule has 126 valence electrons. The number of hydrogen-bond acceptors (Lipinski definition) is 4. The Bertz CT molecular complexity index is 789. The summed E-state index contributed by atoms with van der Waals surface area (Å²) < 4.78 is 7.97. The zero-order chi connectivity index (χ0) is 17.3. The summed E-state index contributed by atoms with van der Waals surface area (Å²) in [5, 5.41) is 13.3. The fraction of sp³-hybridized carbons (Fsp3) is 0.312. The largest absolute Gasteiger partial charge is 0.478 e. The molecule has 0 bridgehead atoms. The van der Waals surface area contributed by atoms with Crippen molar-refractivity contribution in [3.63, 3.8) is 0 Å². The number of aryl methyl sites for hydroxylation is 1. The lowest BCUT2D eigenvalue weighted by atomic mass is 10.1. The number of morpholine rings is 1. The molecule has 1 aliphatic heterocycles. The predicted octanol–water partition coefficient (Wildman–Crippen LogP) is 2.09. The van der Waals surface area contributed by atoms with E-state index in [1.807, 2.05) is 13.2 Å². The van der Waals surface area contributed by atoms with Crippen molar-refractivity contribution in [3.8, 4) is 0 Å². The van der Waals surface area contributed by atoms with Crippen LogP contribution in [0, 0.1) is 0 Å². The molecule has 1 aromatic heterocycles. The molecule has 1 unspecified atom stereocenters. The van der Waals surface area contributed by atoms with Gasteiger partial charge in [0.15, 0.2) is 0 Å². The van der Waals surface area contributed by atoms with Gasteiger partial charge in [-0.1, -0.05) is 15.9 Å². The molecule has 0 aliphatic carbocycles. The summed E-state index contributed by atoms with van der Waals surface area (Å²) in [6.07, 6.45) is 3.35. The summed E-state index contributed by atoms with van der Waals surface area (Å²) in [7, 11) is 1.82. The molecule has 1 atom stereocenters. The van der Waals surface area contributed by atoms with E-state index in [9.17, 15) is 9.59 Å². The predicted molar refractivity (Wildman–Crippen MR) is 88.9 cm³/mol. The van der Waals surface area contributed by atoms with E-state index in [0.29, 0.717) is 29.7 Å². The maximum atomic E-state index is 12.7. The van der Waals surface area contributed by atoms with Crippen molar-refractivity contribution in [2.45, 2.75) is 6.10 Å². The number of benzene rings is 1. The molecule has 0 spiro atoms. The van der Waals surface area contributed by atoms with Gasteiger partial charge in [0.2, 0.25) is 0 Å². The average molecular weight is 394 g/mol. The Hall–Kier alpha value is -2.19. The summed E-state index contributed by atoms with van der Waals surface area (Å²) in [6.45, 7) is 1.29. The smallest absolute Gasteiger partial charge is 0.335 e. The number of amides is 1. The summed E-state index contributed by atoms with van der Waals surface area (Å²) in [4.78, 5) is 25.6. The van der Waals surface area contributed by atoms with Gasteiger partial charge in [-0.25, -0.2) is 4.79 Å². The van der Waals surface area contributed by atoms with Gasteiger partial charge in [-0.15, -0.1) is 0 Å². The third-order valence-electron chi connectivity index (χ3n) is 3.84. The zero-order valence-corrected chi connectivity index (χ0v) is 14.6. The quantitative estimate of drug-likeness (QED) is 0.862. The minimum Gasteiger partial charge on any atom is -0.478 e. The summed E-state index contributed by atoms with van der Waals surface area (Å²) in [5.74, 6) is -1.28. The van der Waals surface area contributed by atoms with Crippen molar-refractivity contribution < 1.29 is 19.4 Å². The number of halogens is 1. The molecule has 0 saturated carbocycles. The summed E-state index contributed by atoms with van der Waals surface area (Å²) >= 11 is 3.26. The molecule has 8 heteroatoms. The van der Waals surface area contributed by atoms with E-state index in [4.69, 9.17) is 9.84 Å². The monoisotopic (exact) mass is 393 g/mol. The molecule has 7 nitrogen and oxygen atoms in total. The molecule has 2 aromatic rings. The van der Waals surface area contributed by atoms with E-state index >= 15 is 0 Å². The first-order valence-electron chi connectivity index (χ1n) is 7.37. The van der Waals surface area contributed by atoms with Gasteiger partial charge in [-0.3, -0.25) is 9.48 Å². The number of rotatable bonds is 3. The number of ether oxygens (including phenoxy) is 1. The highest BCUT2D eigenvalue weighted by molar-refractivity contribution is 9.10. The van der Waals surface area contributed by atoms with Crippen LogP contribution in [0.4, 0.5) is 0 Å². The molecular weight excluding hydrogens is 378 g/mol. The normalized spacial score (nSPS) is 17.8. The third kappa shape index (κ3) is 3.49. The minimum absolute atomic E-state index is 0.0739. The molecule has 1 amide bonds. The highest BCUT2D eigenvalue weighted by atomic mass is 79.9. The summed E-state index contributed by atoms with van der Waals surface area (Å²) in [5.41, 5.74) is 1.33. The van der Waals surface area contributed by atoms with Crippen LogP contribution in [-0.4, -0.2) is 51.4 Å². The second-order valence-corrected chi connectivity index (χ2v) is 6.51. The van der Waals surface area contributed by atoms with Crippen LogP contribution >= 0.6 is 15.9 Å². The van der Waals surface area contributed by atoms with Gasteiger partial charge in [-0.05, 0) is 18.2 Å². The van der Waals surface area contributed by atoms with Gasteiger partial charge in [0, 0.05) is 35.4 Å². The van der Waals surface area contributed by atoms with E-state index in [0.717, 1.165) is 5.56 Å². The number of carboxylic acid groups (broad SMARTS) is 1. The Kier molecular flexibility index (Phi) is 4.68. The maximum absolute atomic E-state index is 12.7. The Morgan fingerprint density at radius 1 is 1.33 bits per heavy atom. The van der Waals surface area contributed by atoms with Crippen molar-refractivity contribution in [1.29, 1.82) is 0 Å². The molecule has 3 rings (SSSR count). The first-order chi connectivity index (χ1) is 11.4. The molecule has 0 radical (unpaired) electrons. The number of aromatic nitrogens is 2. The van der Waals surface area contributed by atoms with Crippen LogP contribution in [0.3, 0.4) is 0 Å². The van der Waals surface area contributed by atoms with E-state index < -0.39 is 5.97 Å². The number of carboxylic acids is 1. The number of carbonyl (C=O) groups is 2. The lowest BCUT2D eigenvalue weighted by molar-refractivity contribution is -0.0228. The number of carbonyl (C=O) groups excluding carboxylic acids is 1. The van der Waals surface area contributed by atoms with Crippen LogP contribution in [-0.2, 0) is 11.8 Å². The second kappa shape index (κ2) is 6.74. The van der Waals surface area contributed by atoms with Gasteiger partial charge < -0.3 is 14.7 Å². The van der Waals surface area contributed by atoms with Crippen LogP contribution in [0.2, 0.25) is 0 Å². The highest BCUT2D eigenvalue weighted by Gasteiger charge is 2.27. The number of nitrogens with zero attached hydrogens (tertiary/aromatic N) is 3. The standard InChI is InChI=1S/C16H16BrN3O4/c1-19-8-12(7-18-19)14-9-20(2-3-24-14)15(21)10-4-11(16(22)23)6-13(17)5-10/h4-8,14H,2-3,9H2,1H3,(H,22,23). The van der Waals surface area contributed by atoms with Crippen molar-refractivity contribution >= 4 is 27.8 Å². The highest BCUT2D eigenvalue weighted by Crippen LogP contribution is 2.24. The van der Waals surface area contributed by atoms with Gasteiger partial charge in [0.1, 0.15) is 6.10 Å². The SMILES string of the molecule is Cn1cc(C2CN(C(=O)c3cc(Br)cc(C(=O)O)c3)CCO2)cn1. The molecular formula is C16H16BrN3O4. The molecule has 1 aliphatic rings.